The summed E-state index contributed by atoms with van der Waals surface area (Å²) in [5.41, 5.74) is 0. The van der Waals surface area contributed by atoms with E-state index in [9.17, 15) is 8.42 Å². The van der Waals surface area contributed by atoms with E-state index >= 15 is 0 Å². The van der Waals surface area contributed by atoms with Gasteiger partial charge in [0.1, 0.15) is 3.23 Å². The molecule has 0 aromatic carbocycles. The average molecular weight is 862 g/mol. The van der Waals surface area contributed by atoms with Crippen LogP contribution in [0.3, 0.4) is 0 Å². The number of rotatable bonds is 4. The van der Waals surface area contributed by atoms with E-state index in [1.165, 1.54) is 0 Å². The van der Waals surface area contributed by atoms with Crippen molar-refractivity contribution >= 4 is 153 Å². The van der Waals surface area contributed by atoms with Gasteiger partial charge in [0.25, 0.3) is 10.1 Å². The Kier molecular flexibility index (Phi) is 8.65. The molecule has 0 aromatic rings. The van der Waals surface area contributed by atoms with Crippen molar-refractivity contribution in [2.75, 3.05) is 7.11 Å². The van der Waals surface area contributed by atoms with Crippen LogP contribution in [-0.2, 0) is 14.3 Å². The lowest BCUT2D eigenvalue weighted by molar-refractivity contribution is 0.392. The highest BCUT2D eigenvalue weighted by molar-refractivity contribution is 9.42. The van der Waals surface area contributed by atoms with Gasteiger partial charge in [-0.1, -0.05) is 112 Å². The molecule has 3 nitrogen and oxygen atoms in total. The molecule has 13 heteroatoms. The topological polar surface area (TPSA) is 43.4 Å². The summed E-state index contributed by atoms with van der Waals surface area (Å²) in [4.78, 5) is 0. The van der Waals surface area contributed by atoms with Gasteiger partial charge in [-0.2, -0.15) is 8.42 Å². The van der Waals surface area contributed by atoms with Crippen LogP contribution in [0.25, 0.3) is 0 Å². The highest BCUT2D eigenvalue weighted by atomic mass is 80.0. The van der Waals surface area contributed by atoms with Crippen LogP contribution in [0.2, 0.25) is 0 Å². The predicted octanol–water partition coefficient (Wildman–Crippen LogP) is 6.22. The molecule has 0 aromatic heterocycles. The van der Waals surface area contributed by atoms with Crippen molar-refractivity contribution in [3.63, 3.8) is 0 Å². The standard InChI is InChI=1S/C5H3Br9O3S/c1-17-18(15,16)5(13,14)3(8,9)2(6,7)4(10,11)12/h1H3. The Hall–Kier alpha value is 4.23. The molecule has 0 aliphatic heterocycles. The van der Waals surface area contributed by atoms with Crippen LogP contribution in [0.1, 0.15) is 0 Å². The summed E-state index contributed by atoms with van der Waals surface area (Å²) in [6.07, 6.45) is 0. The molecule has 0 fully saturated rings. The van der Waals surface area contributed by atoms with Crippen molar-refractivity contribution in [2.24, 2.45) is 0 Å². The molecule has 0 rings (SSSR count). The lowest BCUT2D eigenvalue weighted by atomic mass is 10.4. The zero-order valence-corrected chi connectivity index (χ0v) is 23.1. The summed E-state index contributed by atoms with van der Waals surface area (Å²) in [5.74, 6) is 0. The fourth-order valence-corrected chi connectivity index (χ4v) is 8.88. The van der Waals surface area contributed by atoms with E-state index in [1.807, 2.05) is 0 Å². The molecular formula is C5H3Br9O3S. The molecule has 18 heavy (non-hydrogen) atoms. The molecule has 0 N–H and O–H groups in total. The van der Waals surface area contributed by atoms with E-state index < -0.39 is 21.3 Å². The summed E-state index contributed by atoms with van der Waals surface area (Å²) in [5, 5.41) is 0. The molecule has 0 aliphatic carbocycles. The van der Waals surface area contributed by atoms with E-state index in [4.69, 9.17) is 0 Å². The zero-order valence-electron chi connectivity index (χ0n) is 8.03. The van der Waals surface area contributed by atoms with Crippen molar-refractivity contribution < 1.29 is 12.6 Å². The number of hydrogen-bond acceptors (Lipinski definition) is 3. The molecule has 0 saturated heterocycles. The average Bonchev–Trinajstić information content (AvgIpc) is 2.15. The lowest BCUT2D eigenvalue weighted by Crippen LogP contribution is -2.56. The molecule has 0 amide bonds. The SMILES string of the molecule is COS(=O)(=O)C(Br)(Br)C(Br)(Br)C(Br)(Br)C(Br)(Br)Br. The van der Waals surface area contributed by atoms with Crippen molar-refractivity contribution in [3.05, 3.63) is 0 Å². The Morgan fingerprint density at radius 3 is 1.33 bits per heavy atom. The summed E-state index contributed by atoms with van der Waals surface area (Å²) in [6, 6.07) is 0. The first-order valence-electron chi connectivity index (χ1n) is 3.56. The summed E-state index contributed by atoms with van der Waals surface area (Å²) >= 11 is 29.6. The maximum atomic E-state index is 12.0. The van der Waals surface area contributed by atoms with Crippen LogP contribution >= 0.6 is 143 Å². The molecule has 0 saturated carbocycles. The smallest absolute Gasteiger partial charge is 0.272 e. The number of halogens is 9. The molecular weight excluding hydrogens is 859 g/mol. The van der Waals surface area contributed by atoms with Crippen LogP contribution in [0, 0.1) is 0 Å². The molecule has 0 bridgehead atoms. The van der Waals surface area contributed by atoms with Gasteiger partial charge >= 0.3 is 0 Å². The summed E-state index contributed by atoms with van der Waals surface area (Å²) < 4.78 is 23.5. The van der Waals surface area contributed by atoms with Crippen LogP contribution in [0.15, 0.2) is 0 Å². The molecule has 0 radical (unpaired) electrons. The summed E-state index contributed by atoms with van der Waals surface area (Å²) in [7, 11) is -2.92. The fraction of sp³-hybridized carbons (Fsp3) is 1.00. The van der Waals surface area contributed by atoms with Gasteiger partial charge in [-0.15, -0.1) is 0 Å². The minimum atomic E-state index is -3.98. The van der Waals surface area contributed by atoms with Gasteiger partial charge in [0.15, 0.2) is 5.38 Å². The Morgan fingerprint density at radius 2 is 1.11 bits per heavy atom. The zero-order chi connectivity index (χ0) is 15.2. The minimum absolute atomic E-state index is 0.900. The van der Waals surface area contributed by atoms with Gasteiger partial charge in [0.05, 0.1) is 7.11 Å². The van der Waals surface area contributed by atoms with Gasteiger partial charge < -0.3 is 0 Å². The van der Waals surface area contributed by atoms with Crippen LogP contribution < -0.4 is 0 Å². The second-order valence-corrected chi connectivity index (χ2v) is 22.8. The Balaban J connectivity index is 5.96. The van der Waals surface area contributed by atoms with E-state index in [0.717, 1.165) is 7.11 Å². The highest BCUT2D eigenvalue weighted by Crippen LogP contribution is 2.69. The third-order valence-corrected chi connectivity index (χ3v) is 21.1. The molecule has 0 aliphatic rings. The Labute approximate surface area is 181 Å². The second kappa shape index (κ2) is 7.00. The van der Waals surface area contributed by atoms with Crippen molar-refractivity contribution in [1.29, 1.82) is 0 Å². The molecule has 0 atom stereocenters. The third-order valence-electron chi connectivity index (χ3n) is 1.65. The van der Waals surface area contributed by atoms with Crippen molar-refractivity contribution in [1.82, 2.24) is 0 Å². The fourth-order valence-electron chi connectivity index (χ4n) is 0.622. The number of hydrogen-bond donors (Lipinski definition) is 0. The highest BCUT2D eigenvalue weighted by Gasteiger charge is 2.69. The van der Waals surface area contributed by atoms with E-state index in [2.05, 4.69) is 148 Å². The largest absolute Gasteiger partial charge is 0.295 e. The first-order valence-corrected chi connectivity index (χ1v) is 12.1. The maximum absolute atomic E-state index is 12.0. The lowest BCUT2D eigenvalue weighted by Gasteiger charge is -2.45. The third kappa shape index (κ3) is 4.00. The molecule has 0 heterocycles. The molecule has 0 unspecified atom stereocenters. The van der Waals surface area contributed by atoms with Gasteiger partial charge in [0, 0.05) is 0 Å². The predicted molar refractivity (Wildman–Crippen MR) is 107 cm³/mol. The van der Waals surface area contributed by atoms with Crippen molar-refractivity contribution in [2.45, 2.75) is 11.2 Å². The van der Waals surface area contributed by atoms with Gasteiger partial charge in [-0.25, -0.2) is 0 Å². The maximum Gasteiger partial charge on any atom is 0.295 e. The van der Waals surface area contributed by atoms with E-state index in [1.54, 1.807) is 0 Å². The van der Waals surface area contributed by atoms with E-state index in [0.29, 0.717) is 0 Å². The minimum Gasteiger partial charge on any atom is -0.272 e. The number of alkyl halides is 9. The van der Waals surface area contributed by atoms with Gasteiger partial charge in [-0.05, 0) is 31.9 Å². The Morgan fingerprint density at radius 1 is 0.778 bits per heavy atom. The summed E-state index contributed by atoms with van der Waals surface area (Å²) in [6.45, 7) is 0. The molecule has 0 spiro atoms. The van der Waals surface area contributed by atoms with Gasteiger partial charge in [-0.3, -0.25) is 4.18 Å². The Bertz CT molecular complexity index is 408. The second-order valence-electron chi connectivity index (χ2n) is 2.78. The van der Waals surface area contributed by atoms with Crippen LogP contribution in [0.5, 0.6) is 0 Å². The quantitative estimate of drug-likeness (QED) is 0.250. The van der Waals surface area contributed by atoms with Crippen LogP contribution in [0.4, 0.5) is 0 Å². The van der Waals surface area contributed by atoms with E-state index in [-0.39, 0.29) is 0 Å². The normalized spacial score (nSPS) is 15.9. The van der Waals surface area contributed by atoms with Crippen molar-refractivity contribution in [3.8, 4) is 0 Å². The monoisotopic (exact) mass is 853 g/mol. The first-order chi connectivity index (χ1) is 7.56. The molecule has 110 valence electrons. The van der Waals surface area contributed by atoms with Gasteiger partial charge in [0.2, 0.25) is 2.57 Å². The first kappa shape index (κ1) is 22.2. The van der Waals surface area contributed by atoms with Crippen LogP contribution in [-0.4, -0.2) is 26.7 Å².